The summed E-state index contributed by atoms with van der Waals surface area (Å²) in [6.45, 7) is 12.3. The second-order valence-electron chi connectivity index (χ2n) is 6.09. The molecule has 0 saturated carbocycles. The van der Waals surface area contributed by atoms with Crippen LogP contribution in [0.25, 0.3) is 0 Å². The fourth-order valence-electron chi connectivity index (χ4n) is 2.28. The van der Waals surface area contributed by atoms with Gasteiger partial charge in [-0.15, -0.1) is 13.2 Å². The van der Waals surface area contributed by atoms with E-state index in [2.05, 4.69) is 18.5 Å². The number of nitrogens with two attached hydrogens (primary N) is 1. The van der Waals surface area contributed by atoms with Crippen molar-refractivity contribution in [3.05, 3.63) is 55.1 Å². The maximum absolute atomic E-state index is 12.4. The average Bonchev–Trinajstić information content (AvgIpc) is 2.54. The molecule has 0 aliphatic rings. The minimum Gasteiger partial charge on any atom is -0.331 e. The molecule has 5 nitrogen and oxygen atoms in total. The van der Waals surface area contributed by atoms with E-state index in [1.54, 1.807) is 41.3 Å². The third kappa shape index (κ3) is 6.01. The fraction of sp³-hybridized carbons (Fsp3) is 0.368. The maximum atomic E-state index is 12.4. The summed E-state index contributed by atoms with van der Waals surface area (Å²) >= 11 is 0. The molecule has 0 aliphatic carbocycles. The Balaban J connectivity index is 2.74. The number of nitrogens with one attached hydrogen (secondary N) is 1. The zero-order valence-corrected chi connectivity index (χ0v) is 14.5. The van der Waals surface area contributed by atoms with Gasteiger partial charge in [0.15, 0.2) is 0 Å². The molecule has 1 rings (SSSR count). The van der Waals surface area contributed by atoms with E-state index in [1.165, 1.54) is 0 Å². The lowest BCUT2D eigenvalue weighted by atomic mass is 10.0. The molecule has 0 aliphatic heterocycles. The van der Waals surface area contributed by atoms with Crippen LogP contribution in [0.2, 0.25) is 0 Å². The molecular formula is C19H27N3O2. The van der Waals surface area contributed by atoms with Crippen molar-refractivity contribution < 1.29 is 9.59 Å². The van der Waals surface area contributed by atoms with E-state index in [9.17, 15) is 9.59 Å². The molecule has 0 heterocycles. The number of carbonyl (C=O) groups is 2. The molecule has 130 valence electrons. The summed E-state index contributed by atoms with van der Waals surface area (Å²) in [6.07, 6.45) is 3.97. The molecule has 3 N–H and O–H groups in total. The van der Waals surface area contributed by atoms with Crippen molar-refractivity contribution in [1.82, 2.24) is 4.90 Å². The molecule has 1 aromatic carbocycles. The van der Waals surface area contributed by atoms with Gasteiger partial charge in [0, 0.05) is 24.3 Å². The highest BCUT2D eigenvalue weighted by atomic mass is 16.2. The van der Waals surface area contributed by atoms with Crippen LogP contribution in [-0.2, 0) is 4.79 Å². The Hall–Kier alpha value is -2.40. The third-order valence-corrected chi connectivity index (χ3v) is 3.45. The number of anilines is 1. The summed E-state index contributed by atoms with van der Waals surface area (Å²) in [5, 5.41) is 2.77. The van der Waals surface area contributed by atoms with Gasteiger partial charge in [0.2, 0.25) is 5.91 Å². The number of amides is 2. The molecule has 2 amide bonds. The maximum Gasteiger partial charge on any atom is 0.254 e. The van der Waals surface area contributed by atoms with Crippen LogP contribution in [0.4, 0.5) is 5.69 Å². The quantitative estimate of drug-likeness (QED) is 0.684. The molecule has 0 fully saturated rings. The highest BCUT2D eigenvalue weighted by molar-refractivity contribution is 5.97. The Morgan fingerprint density at radius 2 is 1.71 bits per heavy atom. The van der Waals surface area contributed by atoms with Gasteiger partial charge >= 0.3 is 0 Å². The summed E-state index contributed by atoms with van der Waals surface area (Å²) in [6, 6.07) is 6.23. The number of hydrogen-bond donors (Lipinski definition) is 2. The molecule has 0 spiro atoms. The summed E-state index contributed by atoms with van der Waals surface area (Å²) in [4.78, 5) is 26.1. The second kappa shape index (κ2) is 9.67. The van der Waals surface area contributed by atoms with E-state index in [-0.39, 0.29) is 11.8 Å². The molecular weight excluding hydrogens is 302 g/mol. The van der Waals surface area contributed by atoms with E-state index >= 15 is 0 Å². The van der Waals surface area contributed by atoms with Gasteiger partial charge < -0.3 is 16.0 Å². The van der Waals surface area contributed by atoms with Crippen molar-refractivity contribution in [2.24, 2.45) is 11.7 Å². The standard InChI is InChI=1S/C19H27N3O2/c1-5-11-22(12-6-2)19(24)15-7-9-16(10-8-15)21-18(23)17(20)13-14(3)4/h5-10,14,17H,1-2,11-13,20H2,3-4H3,(H,21,23)/t17-/m0/s1. The number of nitrogens with zero attached hydrogens (tertiary/aromatic N) is 1. The molecule has 0 radical (unpaired) electrons. The van der Waals surface area contributed by atoms with Crippen LogP contribution >= 0.6 is 0 Å². The Morgan fingerprint density at radius 3 is 2.17 bits per heavy atom. The predicted molar refractivity (Wildman–Crippen MR) is 98.8 cm³/mol. The van der Waals surface area contributed by atoms with Crippen molar-refractivity contribution in [3.63, 3.8) is 0 Å². The van der Waals surface area contributed by atoms with Crippen LogP contribution in [0.5, 0.6) is 0 Å². The highest BCUT2D eigenvalue weighted by Crippen LogP contribution is 2.13. The van der Waals surface area contributed by atoms with Crippen molar-refractivity contribution in [2.45, 2.75) is 26.3 Å². The second-order valence-corrected chi connectivity index (χ2v) is 6.09. The van der Waals surface area contributed by atoms with E-state index in [4.69, 9.17) is 5.73 Å². The normalized spacial score (nSPS) is 11.7. The van der Waals surface area contributed by atoms with Crippen molar-refractivity contribution >= 4 is 17.5 Å². The zero-order chi connectivity index (χ0) is 18.1. The molecule has 5 heteroatoms. The van der Waals surface area contributed by atoms with Gasteiger partial charge in [-0.3, -0.25) is 9.59 Å². The number of carbonyl (C=O) groups excluding carboxylic acids is 2. The van der Waals surface area contributed by atoms with Gasteiger partial charge in [0.1, 0.15) is 0 Å². The largest absolute Gasteiger partial charge is 0.331 e. The molecule has 0 bridgehead atoms. The zero-order valence-electron chi connectivity index (χ0n) is 14.5. The Labute approximate surface area is 144 Å². The fourth-order valence-corrected chi connectivity index (χ4v) is 2.28. The molecule has 1 atom stereocenters. The predicted octanol–water partition coefficient (Wildman–Crippen LogP) is 2.81. The van der Waals surface area contributed by atoms with E-state index in [0.717, 1.165) is 0 Å². The summed E-state index contributed by atoms with van der Waals surface area (Å²) in [5.74, 6) is 0.0263. The van der Waals surface area contributed by atoms with E-state index in [1.807, 2.05) is 13.8 Å². The first kappa shape index (κ1) is 19.6. The molecule has 0 unspecified atom stereocenters. The van der Waals surface area contributed by atoms with Gasteiger partial charge in [-0.2, -0.15) is 0 Å². The molecule has 1 aromatic rings. The number of benzene rings is 1. The lowest BCUT2D eigenvalue weighted by Crippen LogP contribution is -2.36. The lowest BCUT2D eigenvalue weighted by Gasteiger charge is -2.19. The van der Waals surface area contributed by atoms with Gasteiger partial charge in [-0.1, -0.05) is 26.0 Å². The van der Waals surface area contributed by atoms with E-state index < -0.39 is 6.04 Å². The van der Waals surface area contributed by atoms with E-state index in [0.29, 0.717) is 36.7 Å². The minimum atomic E-state index is -0.540. The lowest BCUT2D eigenvalue weighted by molar-refractivity contribution is -0.117. The topological polar surface area (TPSA) is 75.4 Å². The Morgan fingerprint density at radius 1 is 1.17 bits per heavy atom. The number of hydrogen-bond acceptors (Lipinski definition) is 3. The number of rotatable bonds is 9. The van der Waals surface area contributed by atoms with Crippen molar-refractivity contribution in [1.29, 1.82) is 0 Å². The first-order valence-corrected chi connectivity index (χ1v) is 8.06. The highest BCUT2D eigenvalue weighted by Gasteiger charge is 2.16. The van der Waals surface area contributed by atoms with Crippen molar-refractivity contribution in [2.75, 3.05) is 18.4 Å². The first-order valence-electron chi connectivity index (χ1n) is 8.06. The monoisotopic (exact) mass is 329 g/mol. The SMILES string of the molecule is C=CCN(CC=C)C(=O)c1ccc(NC(=O)[C@@H](N)CC(C)C)cc1. The van der Waals surface area contributed by atoms with Gasteiger partial charge in [0.05, 0.1) is 6.04 Å². The van der Waals surface area contributed by atoms with Crippen LogP contribution in [-0.4, -0.2) is 35.8 Å². The van der Waals surface area contributed by atoms with Crippen LogP contribution in [0.15, 0.2) is 49.6 Å². The van der Waals surface area contributed by atoms with Crippen LogP contribution in [0.3, 0.4) is 0 Å². The van der Waals surface area contributed by atoms with Crippen molar-refractivity contribution in [3.8, 4) is 0 Å². The Kier molecular flexibility index (Phi) is 7.92. The summed E-state index contributed by atoms with van der Waals surface area (Å²) in [5.41, 5.74) is 7.02. The molecule has 0 aromatic heterocycles. The molecule has 24 heavy (non-hydrogen) atoms. The van der Waals surface area contributed by atoms with Crippen LogP contribution in [0.1, 0.15) is 30.6 Å². The van der Waals surface area contributed by atoms with Crippen LogP contribution in [0, 0.1) is 5.92 Å². The summed E-state index contributed by atoms with van der Waals surface area (Å²) < 4.78 is 0. The van der Waals surface area contributed by atoms with Gasteiger partial charge in [0.25, 0.3) is 5.91 Å². The van der Waals surface area contributed by atoms with Gasteiger partial charge in [-0.25, -0.2) is 0 Å². The van der Waals surface area contributed by atoms with Crippen LogP contribution < -0.4 is 11.1 Å². The minimum absolute atomic E-state index is 0.107. The van der Waals surface area contributed by atoms with Gasteiger partial charge in [-0.05, 0) is 36.6 Å². The average molecular weight is 329 g/mol. The smallest absolute Gasteiger partial charge is 0.254 e. The summed E-state index contributed by atoms with van der Waals surface area (Å²) in [7, 11) is 0. The first-order chi connectivity index (χ1) is 11.4. The molecule has 0 saturated heterocycles. The Bertz CT molecular complexity index is 569. The third-order valence-electron chi connectivity index (χ3n) is 3.45.